The van der Waals surface area contributed by atoms with Gasteiger partial charge in [0.05, 0.1) is 5.69 Å². The number of rotatable bonds is 8. The van der Waals surface area contributed by atoms with Crippen LogP contribution in [0.5, 0.6) is 0 Å². The Morgan fingerprint density at radius 3 is 2.39 bits per heavy atom. The van der Waals surface area contributed by atoms with Gasteiger partial charge in [-0.05, 0) is 67.8 Å². The number of anilines is 1. The van der Waals surface area contributed by atoms with Crippen LogP contribution in [0.4, 0.5) is 5.69 Å². The van der Waals surface area contributed by atoms with Gasteiger partial charge in [0.15, 0.2) is 0 Å². The molecule has 6 heteroatoms. The van der Waals surface area contributed by atoms with Gasteiger partial charge in [-0.2, -0.15) is 0 Å². The highest BCUT2D eigenvalue weighted by atomic mass is 35.5. The van der Waals surface area contributed by atoms with E-state index in [1.165, 1.54) is 24.2 Å². The molecule has 1 unspecified atom stereocenters. The molecule has 0 aliphatic rings. The van der Waals surface area contributed by atoms with Crippen molar-refractivity contribution in [3.8, 4) is 0 Å². The van der Waals surface area contributed by atoms with Crippen molar-refractivity contribution < 1.29 is 9.59 Å². The number of hydrogen-bond acceptors (Lipinski definition) is 3. The molecule has 0 aliphatic heterocycles. The molecule has 0 aromatic heterocycles. The molecule has 0 fully saturated rings. The largest absolute Gasteiger partial charge is 0.350 e. The summed E-state index contributed by atoms with van der Waals surface area (Å²) in [7, 11) is 0. The van der Waals surface area contributed by atoms with Gasteiger partial charge in [0.1, 0.15) is 0 Å². The molecule has 0 spiro atoms. The summed E-state index contributed by atoms with van der Waals surface area (Å²) in [5, 5.41) is 6.55. The van der Waals surface area contributed by atoms with Crippen LogP contribution in [0.25, 0.3) is 0 Å². The van der Waals surface area contributed by atoms with E-state index in [4.69, 9.17) is 11.6 Å². The molecule has 4 nitrogen and oxygen atoms in total. The van der Waals surface area contributed by atoms with E-state index in [2.05, 4.69) is 22.8 Å². The van der Waals surface area contributed by atoms with Gasteiger partial charge in [-0.25, -0.2) is 0 Å². The predicted molar refractivity (Wildman–Crippen MR) is 128 cm³/mol. The third-order valence-corrected chi connectivity index (χ3v) is 6.02. The van der Waals surface area contributed by atoms with E-state index in [9.17, 15) is 9.59 Å². The molecule has 2 amide bonds. The number of nitrogens with one attached hydrogen (secondary N) is 2. The van der Waals surface area contributed by atoms with Crippen LogP contribution in [0.1, 0.15) is 36.2 Å². The summed E-state index contributed by atoms with van der Waals surface area (Å²) >= 11 is 7.46. The van der Waals surface area contributed by atoms with Gasteiger partial charge in [-0.1, -0.05) is 53.7 Å². The summed E-state index contributed by atoms with van der Waals surface area (Å²) < 4.78 is 0. The molecule has 160 valence electrons. The van der Waals surface area contributed by atoms with Crippen molar-refractivity contribution in [1.29, 1.82) is 0 Å². The van der Waals surface area contributed by atoms with Gasteiger partial charge < -0.3 is 10.6 Å². The first kappa shape index (κ1) is 22.9. The maximum Gasteiger partial charge on any atom is 0.251 e. The lowest BCUT2D eigenvalue weighted by Gasteiger charge is -2.16. The lowest BCUT2D eigenvalue weighted by Crippen LogP contribution is -2.33. The number of amides is 2. The smallest absolute Gasteiger partial charge is 0.251 e. The first-order valence-electron chi connectivity index (χ1n) is 10.1. The fraction of sp³-hybridized carbons (Fsp3) is 0.200. The Kier molecular flexibility index (Phi) is 8.15. The lowest BCUT2D eigenvalue weighted by molar-refractivity contribution is -0.114. The second-order valence-corrected chi connectivity index (χ2v) is 8.90. The lowest BCUT2D eigenvalue weighted by atomic mass is 10.1. The minimum Gasteiger partial charge on any atom is -0.350 e. The minimum absolute atomic E-state index is 0.0278. The van der Waals surface area contributed by atoms with Gasteiger partial charge in [-0.15, -0.1) is 0 Å². The molecule has 2 N–H and O–H groups in total. The average Bonchev–Trinajstić information content (AvgIpc) is 2.75. The quantitative estimate of drug-likeness (QED) is 0.427. The molecular formula is C25H25ClN2O2S. The van der Waals surface area contributed by atoms with Crippen molar-refractivity contribution in [3.05, 3.63) is 88.9 Å². The summed E-state index contributed by atoms with van der Waals surface area (Å²) in [4.78, 5) is 26.3. The van der Waals surface area contributed by atoms with Crippen LogP contribution >= 0.6 is 23.4 Å². The normalized spacial score (nSPS) is 11.6. The molecule has 3 aromatic rings. The van der Waals surface area contributed by atoms with E-state index >= 15 is 0 Å². The van der Waals surface area contributed by atoms with Gasteiger partial charge >= 0.3 is 0 Å². The maximum absolute atomic E-state index is 12.8. The van der Waals surface area contributed by atoms with Crippen molar-refractivity contribution >= 4 is 40.9 Å². The van der Waals surface area contributed by atoms with Crippen molar-refractivity contribution in [2.45, 2.75) is 42.5 Å². The third-order valence-electron chi connectivity index (χ3n) is 4.68. The van der Waals surface area contributed by atoms with E-state index < -0.39 is 0 Å². The highest BCUT2D eigenvalue weighted by molar-refractivity contribution is 7.99. The number of halogens is 1. The molecule has 1 atom stereocenters. The Morgan fingerprint density at radius 1 is 1.00 bits per heavy atom. The molecule has 0 heterocycles. The highest BCUT2D eigenvalue weighted by Crippen LogP contribution is 2.34. The van der Waals surface area contributed by atoms with E-state index in [0.717, 1.165) is 22.6 Å². The standard InChI is InChI=1S/C25H25ClN2O2S/c1-17(8-9-19-6-4-3-5-7-19)27-25(30)20-10-15-24(23(16-20)28-18(2)29)31-22-13-11-21(26)12-14-22/h3-7,10-17H,8-9H2,1-2H3,(H,27,30)(H,28,29). The molecule has 0 bridgehead atoms. The second-order valence-electron chi connectivity index (χ2n) is 7.35. The first-order valence-corrected chi connectivity index (χ1v) is 11.3. The van der Waals surface area contributed by atoms with E-state index in [-0.39, 0.29) is 17.9 Å². The maximum atomic E-state index is 12.8. The number of carbonyl (C=O) groups is 2. The van der Waals surface area contributed by atoms with Crippen LogP contribution in [-0.4, -0.2) is 17.9 Å². The van der Waals surface area contributed by atoms with Crippen molar-refractivity contribution in [1.82, 2.24) is 5.32 Å². The monoisotopic (exact) mass is 452 g/mol. The fourth-order valence-electron chi connectivity index (χ4n) is 3.08. The van der Waals surface area contributed by atoms with Crippen molar-refractivity contribution in [2.24, 2.45) is 0 Å². The van der Waals surface area contributed by atoms with Gasteiger partial charge in [0.25, 0.3) is 5.91 Å². The van der Waals surface area contributed by atoms with Crippen LogP contribution in [0.15, 0.2) is 82.6 Å². The van der Waals surface area contributed by atoms with Gasteiger partial charge in [0.2, 0.25) is 5.91 Å². The molecule has 0 saturated heterocycles. The summed E-state index contributed by atoms with van der Waals surface area (Å²) in [6.45, 7) is 3.45. The third kappa shape index (κ3) is 7.16. The summed E-state index contributed by atoms with van der Waals surface area (Å²) in [5.41, 5.74) is 2.37. The molecule has 0 radical (unpaired) electrons. The zero-order valence-electron chi connectivity index (χ0n) is 17.5. The Bertz CT molecular complexity index is 1040. The Balaban J connectivity index is 1.69. The van der Waals surface area contributed by atoms with E-state index in [1.54, 1.807) is 12.1 Å². The Labute approximate surface area is 192 Å². The van der Waals surface area contributed by atoms with Crippen LogP contribution in [-0.2, 0) is 11.2 Å². The Morgan fingerprint density at radius 2 is 1.71 bits per heavy atom. The zero-order valence-corrected chi connectivity index (χ0v) is 19.1. The fourth-order valence-corrected chi connectivity index (χ4v) is 4.09. The number of carbonyl (C=O) groups excluding carboxylic acids is 2. The van der Waals surface area contributed by atoms with Crippen LogP contribution in [0.2, 0.25) is 5.02 Å². The van der Waals surface area contributed by atoms with Crippen LogP contribution < -0.4 is 10.6 Å². The topological polar surface area (TPSA) is 58.2 Å². The number of benzene rings is 3. The highest BCUT2D eigenvalue weighted by Gasteiger charge is 2.14. The summed E-state index contributed by atoms with van der Waals surface area (Å²) in [6, 6.07) is 23.1. The molecular weight excluding hydrogens is 428 g/mol. The summed E-state index contributed by atoms with van der Waals surface area (Å²) in [5.74, 6) is -0.345. The number of aryl methyl sites for hydroxylation is 1. The van der Waals surface area contributed by atoms with Crippen LogP contribution in [0.3, 0.4) is 0 Å². The molecule has 3 rings (SSSR count). The molecule has 0 aliphatic carbocycles. The van der Waals surface area contributed by atoms with E-state index in [0.29, 0.717) is 16.3 Å². The molecule has 3 aromatic carbocycles. The van der Waals surface area contributed by atoms with Gasteiger partial charge in [0, 0.05) is 33.3 Å². The zero-order chi connectivity index (χ0) is 22.2. The molecule has 0 saturated carbocycles. The second kappa shape index (κ2) is 11.0. The minimum atomic E-state index is -0.188. The van der Waals surface area contributed by atoms with Crippen LogP contribution in [0, 0.1) is 0 Å². The average molecular weight is 453 g/mol. The molecule has 31 heavy (non-hydrogen) atoms. The predicted octanol–water partition coefficient (Wildman–Crippen LogP) is 6.20. The summed E-state index contributed by atoms with van der Waals surface area (Å²) in [6.07, 6.45) is 1.74. The van der Waals surface area contributed by atoms with Gasteiger partial charge in [-0.3, -0.25) is 9.59 Å². The Hall–Kier alpha value is -2.76. The van der Waals surface area contributed by atoms with Crippen molar-refractivity contribution in [3.63, 3.8) is 0 Å². The van der Waals surface area contributed by atoms with Crippen molar-refractivity contribution in [2.75, 3.05) is 5.32 Å². The first-order chi connectivity index (χ1) is 14.9. The SMILES string of the molecule is CC(=O)Nc1cc(C(=O)NC(C)CCc2ccccc2)ccc1Sc1ccc(Cl)cc1. The number of hydrogen-bond donors (Lipinski definition) is 2. The van der Waals surface area contributed by atoms with E-state index in [1.807, 2.05) is 55.5 Å².